The number of carbonyl (C=O) groups excluding carboxylic acids is 2. The number of rotatable bonds is 10. The van der Waals surface area contributed by atoms with E-state index in [9.17, 15) is 14.7 Å². The Bertz CT molecular complexity index is 822. The van der Waals surface area contributed by atoms with Gasteiger partial charge in [0.2, 0.25) is 5.91 Å². The number of alkyl carbamates (subject to hydrolysis) is 1. The molecule has 3 N–H and O–H groups in total. The van der Waals surface area contributed by atoms with Crippen molar-refractivity contribution in [1.82, 2.24) is 15.5 Å². The van der Waals surface area contributed by atoms with Crippen molar-refractivity contribution < 1.29 is 28.9 Å². The number of ether oxygens (including phenoxy) is 3. The SMILES string of the molecule is CC(C)CN(C[C@@H](O)[C@H](Cc1ccccc1)NC(=O)O[C@H]1CO[C@H]2OCC[C@H]21)[C@H]1CCNC1=O. The van der Waals surface area contributed by atoms with E-state index in [0.29, 0.717) is 45.1 Å². The summed E-state index contributed by atoms with van der Waals surface area (Å²) in [6.07, 6.45) is -0.167. The molecule has 3 saturated heterocycles. The summed E-state index contributed by atoms with van der Waals surface area (Å²) in [5, 5.41) is 17.1. The molecule has 0 radical (unpaired) electrons. The van der Waals surface area contributed by atoms with Gasteiger partial charge < -0.3 is 30.0 Å². The molecule has 0 aromatic heterocycles. The second kappa shape index (κ2) is 11.5. The molecule has 3 aliphatic heterocycles. The number of nitrogens with one attached hydrogen (secondary N) is 2. The average Bonchev–Trinajstić information content (AvgIpc) is 3.52. The summed E-state index contributed by atoms with van der Waals surface area (Å²) in [7, 11) is 0. The molecule has 9 nitrogen and oxygen atoms in total. The van der Waals surface area contributed by atoms with Crippen molar-refractivity contribution >= 4 is 12.0 Å². The van der Waals surface area contributed by atoms with Crippen molar-refractivity contribution in [3.8, 4) is 0 Å². The normalized spacial score (nSPS) is 28.1. The standard InChI is InChI=1S/C25H37N3O6/c1-16(2)13-28(20-8-10-26-23(20)30)14-21(29)19(12-17-6-4-3-5-7-17)27-25(31)34-22-15-33-24-18(22)9-11-32-24/h3-7,16,18-22,24,29H,8-15H2,1-2H3,(H,26,30)(H,27,31)/t18-,19-,20-,21+,22-,24+/m0/s1. The fourth-order valence-corrected chi connectivity index (χ4v) is 5.12. The Morgan fingerprint density at radius 2 is 2.03 bits per heavy atom. The maximum Gasteiger partial charge on any atom is 0.407 e. The molecule has 0 spiro atoms. The van der Waals surface area contributed by atoms with Gasteiger partial charge >= 0.3 is 6.09 Å². The highest BCUT2D eigenvalue weighted by Crippen LogP contribution is 2.33. The van der Waals surface area contributed by atoms with E-state index in [1.807, 2.05) is 35.2 Å². The minimum Gasteiger partial charge on any atom is -0.443 e. The third-order valence-corrected chi connectivity index (χ3v) is 6.79. The molecule has 0 aliphatic carbocycles. The quantitative estimate of drug-likeness (QED) is 0.468. The van der Waals surface area contributed by atoms with E-state index in [-0.39, 0.29) is 36.8 Å². The molecule has 0 bridgehead atoms. The highest BCUT2D eigenvalue weighted by Gasteiger charge is 2.44. The summed E-state index contributed by atoms with van der Waals surface area (Å²) < 4.78 is 16.8. The predicted octanol–water partition coefficient (Wildman–Crippen LogP) is 1.29. The molecule has 3 fully saturated rings. The van der Waals surface area contributed by atoms with Crippen LogP contribution in [0.4, 0.5) is 4.79 Å². The lowest BCUT2D eigenvalue weighted by atomic mass is 9.99. The van der Waals surface area contributed by atoms with Crippen LogP contribution in [0.1, 0.15) is 32.3 Å². The highest BCUT2D eigenvalue weighted by atomic mass is 16.7. The molecule has 6 atom stereocenters. The van der Waals surface area contributed by atoms with Crippen molar-refractivity contribution in [1.29, 1.82) is 0 Å². The number of amides is 2. The first-order chi connectivity index (χ1) is 16.4. The minimum absolute atomic E-state index is 0.00519. The first kappa shape index (κ1) is 24.9. The Morgan fingerprint density at radius 3 is 2.74 bits per heavy atom. The third kappa shape index (κ3) is 6.27. The smallest absolute Gasteiger partial charge is 0.407 e. The molecule has 0 unspecified atom stereocenters. The molecule has 4 rings (SSSR count). The maximum absolute atomic E-state index is 12.8. The van der Waals surface area contributed by atoms with Crippen molar-refractivity contribution in [3.05, 3.63) is 35.9 Å². The van der Waals surface area contributed by atoms with Crippen molar-refractivity contribution in [3.63, 3.8) is 0 Å². The lowest BCUT2D eigenvalue weighted by Gasteiger charge is -2.33. The van der Waals surface area contributed by atoms with E-state index in [1.54, 1.807) is 0 Å². The van der Waals surface area contributed by atoms with Crippen molar-refractivity contribution in [2.45, 2.75) is 63.7 Å². The number of aliphatic hydroxyl groups is 1. The second-order valence-corrected chi connectivity index (χ2v) is 9.92. The van der Waals surface area contributed by atoms with Crippen molar-refractivity contribution in [2.75, 3.05) is 32.8 Å². The van der Waals surface area contributed by atoms with Crippen LogP contribution in [0.2, 0.25) is 0 Å². The minimum atomic E-state index is -0.887. The van der Waals surface area contributed by atoms with Gasteiger partial charge in [0, 0.05) is 19.6 Å². The van der Waals surface area contributed by atoms with Crippen LogP contribution in [-0.2, 0) is 25.4 Å². The number of nitrogens with zero attached hydrogens (tertiary/aromatic N) is 1. The number of aliphatic hydroxyl groups excluding tert-OH is 1. The molecular weight excluding hydrogens is 438 g/mol. The summed E-state index contributed by atoms with van der Waals surface area (Å²) in [6.45, 7) is 6.70. The lowest BCUT2D eigenvalue weighted by molar-refractivity contribution is -0.124. The van der Waals surface area contributed by atoms with Gasteiger partial charge in [-0.1, -0.05) is 44.2 Å². The lowest BCUT2D eigenvalue weighted by Crippen LogP contribution is -2.53. The van der Waals surface area contributed by atoms with Crippen molar-refractivity contribution in [2.24, 2.45) is 11.8 Å². The van der Waals surface area contributed by atoms with E-state index in [4.69, 9.17) is 14.2 Å². The van der Waals surface area contributed by atoms with E-state index in [1.165, 1.54) is 0 Å². The van der Waals surface area contributed by atoms with Gasteiger partial charge in [0.1, 0.15) is 6.10 Å². The fourth-order valence-electron chi connectivity index (χ4n) is 5.12. The Hall–Kier alpha value is -2.20. The van der Waals surface area contributed by atoms with E-state index in [2.05, 4.69) is 24.5 Å². The van der Waals surface area contributed by atoms with Gasteiger partial charge in [0.05, 0.1) is 37.3 Å². The van der Waals surface area contributed by atoms with Crippen LogP contribution < -0.4 is 10.6 Å². The summed E-state index contributed by atoms with van der Waals surface area (Å²) in [4.78, 5) is 27.2. The summed E-state index contributed by atoms with van der Waals surface area (Å²) in [5.41, 5.74) is 0.995. The number of fused-ring (bicyclic) bond motifs is 1. The molecule has 9 heteroatoms. The fraction of sp³-hybridized carbons (Fsp3) is 0.680. The van der Waals surface area contributed by atoms with Crippen LogP contribution in [0.3, 0.4) is 0 Å². The molecule has 188 valence electrons. The van der Waals surface area contributed by atoms with E-state index >= 15 is 0 Å². The summed E-state index contributed by atoms with van der Waals surface area (Å²) >= 11 is 0. The highest BCUT2D eigenvalue weighted by molar-refractivity contribution is 5.83. The zero-order valence-electron chi connectivity index (χ0n) is 20.0. The Labute approximate surface area is 201 Å². The Kier molecular flexibility index (Phi) is 8.41. The maximum atomic E-state index is 12.8. The third-order valence-electron chi connectivity index (χ3n) is 6.79. The molecule has 34 heavy (non-hydrogen) atoms. The van der Waals surface area contributed by atoms with E-state index < -0.39 is 18.2 Å². The number of benzene rings is 1. The summed E-state index contributed by atoms with van der Waals surface area (Å²) in [5.74, 6) is 0.370. The molecular formula is C25H37N3O6. The molecule has 2 amide bonds. The zero-order chi connectivity index (χ0) is 24.1. The topological polar surface area (TPSA) is 109 Å². The number of carbonyl (C=O) groups is 2. The zero-order valence-corrected chi connectivity index (χ0v) is 20.0. The van der Waals surface area contributed by atoms with Gasteiger partial charge in [-0.15, -0.1) is 0 Å². The van der Waals surface area contributed by atoms with Crippen LogP contribution in [0.25, 0.3) is 0 Å². The molecule has 3 heterocycles. The van der Waals surface area contributed by atoms with E-state index in [0.717, 1.165) is 12.0 Å². The predicted molar refractivity (Wildman–Crippen MR) is 125 cm³/mol. The van der Waals surface area contributed by atoms with Crippen LogP contribution >= 0.6 is 0 Å². The van der Waals surface area contributed by atoms with Crippen LogP contribution in [0.15, 0.2) is 30.3 Å². The molecule has 3 aliphatic rings. The van der Waals surface area contributed by atoms with Gasteiger partial charge in [-0.3, -0.25) is 9.69 Å². The number of hydrogen-bond donors (Lipinski definition) is 3. The average molecular weight is 476 g/mol. The molecule has 1 aromatic rings. The molecule has 0 saturated carbocycles. The first-order valence-corrected chi connectivity index (χ1v) is 12.3. The van der Waals surface area contributed by atoms with Gasteiger partial charge in [-0.05, 0) is 30.7 Å². The van der Waals surface area contributed by atoms with Crippen LogP contribution in [0.5, 0.6) is 0 Å². The largest absolute Gasteiger partial charge is 0.443 e. The van der Waals surface area contributed by atoms with Gasteiger partial charge in [-0.2, -0.15) is 0 Å². The molecule has 1 aromatic carbocycles. The monoisotopic (exact) mass is 475 g/mol. The van der Waals surface area contributed by atoms with Gasteiger partial charge in [-0.25, -0.2) is 4.79 Å². The summed E-state index contributed by atoms with van der Waals surface area (Å²) in [6, 6.07) is 8.88. The first-order valence-electron chi connectivity index (χ1n) is 12.3. The Morgan fingerprint density at radius 1 is 1.24 bits per heavy atom. The number of hydrogen-bond acceptors (Lipinski definition) is 7. The van der Waals surface area contributed by atoms with Crippen LogP contribution in [-0.4, -0.2) is 85.4 Å². The van der Waals surface area contributed by atoms with Gasteiger partial charge in [0.15, 0.2) is 6.29 Å². The van der Waals surface area contributed by atoms with Crippen LogP contribution in [0, 0.1) is 11.8 Å². The Balaban J connectivity index is 1.43. The van der Waals surface area contributed by atoms with Gasteiger partial charge in [0.25, 0.3) is 0 Å². The second-order valence-electron chi connectivity index (χ2n) is 9.92.